The number of thioether (sulfide) groups is 1. The van der Waals surface area contributed by atoms with Gasteiger partial charge in [-0.2, -0.15) is 0 Å². The summed E-state index contributed by atoms with van der Waals surface area (Å²) in [6, 6.07) is 7.43. The van der Waals surface area contributed by atoms with Gasteiger partial charge in [-0.25, -0.2) is 0 Å². The Labute approximate surface area is 116 Å². The van der Waals surface area contributed by atoms with Crippen LogP contribution in [0.1, 0.15) is 23.2 Å². The van der Waals surface area contributed by atoms with Crippen LogP contribution >= 0.6 is 11.8 Å². The number of nitrogens with zero attached hydrogens (tertiary/aromatic N) is 1. The number of amides is 1. The fourth-order valence-electron chi connectivity index (χ4n) is 2.28. The Kier molecular flexibility index (Phi) is 4.47. The lowest BCUT2D eigenvalue weighted by molar-refractivity contribution is -0.143. The van der Waals surface area contributed by atoms with E-state index in [0.29, 0.717) is 25.1 Å². The first kappa shape index (κ1) is 13.9. The SMILES string of the molecule is CSc1ccc(C(=O)N2CCC[C@H](C(=O)O)C2)cc1. The molecule has 1 aliphatic heterocycles. The van der Waals surface area contributed by atoms with Gasteiger partial charge in [-0.1, -0.05) is 0 Å². The number of rotatable bonds is 3. The van der Waals surface area contributed by atoms with Gasteiger partial charge < -0.3 is 10.0 Å². The van der Waals surface area contributed by atoms with Crippen LogP contribution in [-0.4, -0.2) is 41.2 Å². The Bertz CT molecular complexity index is 472. The maximum atomic E-state index is 12.3. The van der Waals surface area contributed by atoms with E-state index in [2.05, 4.69) is 0 Å². The van der Waals surface area contributed by atoms with Crippen LogP contribution in [0.5, 0.6) is 0 Å². The number of carboxylic acids is 1. The largest absolute Gasteiger partial charge is 0.481 e. The molecule has 1 aromatic rings. The normalized spacial score (nSPS) is 19.2. The van der Waals surface area contributed by atoms with Crippen molar-refractivity contribution in [3.63, 3.8) is 0 Å². The van der Waals surface area contributed by atoms with E-state index in [-0.39, 0.29) is 5.91 Å². The molecular formula is C14H17NO3S. The topological polar surface area (TPSA) is 57.6 Å². The number of carbonyl (C=O) groups excluding carboxylic acids is 1. The first-order valence-corrected chi connectivity index (χ1v) is 7.50. The molecule has 19 heavy (non-hydrogen) atoms. The van der Waals surface area contributed by atoms with Gasteiger partial charge in [0, 0.05) is 23.5 Å². The summed E-state index contributed by atoms with van der Waals surface area (Å²) < 4.78 is 0. The Morgan fingerprint density at radius 1 is 1.32 bits per heavy atom. The molecule has 1 saturated heterocycles. The molecular weight excluding hydrogens is 262 g/mol. The third-order valence-corrected chi connectivity index (χ3v) is 4.14. The van der Waals surface area contributed by atoms with Crippen LogP contribution in [0.15, 0.2) is 29.2 Å². The summed E-state index contributed by atoms with van der Waals surface area (Å²) in [6.07, 6.45) is 3.40. The Morgan fingerprint density at radius 2 is 2.00 bits per heavy atom. The lowest BCUT2D eigenvalue weighted by Crippen LogP contribution is -2.42. The fraction of sp³-hybridized carbons (Fsp3) is 0.429. The summed E-state index contributed by atoms with van der Waals surface area (Å²) >= 11 is 1.63. The summed E-state index contributed by atoms with van der Waals surface area (Å²) in [6.45, 7) is 0.964. The average Bonchev–Trinajstić information content (AvgIpc) is 2.46. The van der Waals surface area contributed by atoms with Crippen LogP contribution in [0, 0.1) is 5.92 Å². The molecule has 102 valence electrons. The van der Waals surface area contributed by atoms with Crippen molar-refractivity contribution in [3.8, 4) is 0 Å². The fourth-order valence-corrected chi connectivity index (χ4v) is 2.69. The first-order valence-electron chi connectivity index (χ1n) is 6.28. The number of likely N-dealkylation sites (tertiary alicyclic amines) is 1. The second-order valence-corrected chi connectivity index (χ2v) is 5.54. The first-order chi connectivity index (χ1) is 9.11. The van der Waals surface area contributed by atoms with Crippen molar-refractivity contribution >= 4 is 23.6 Å². The zero-order valence-corrected chi connectivity index (χ0v) is 11.7. The molecule has 0 spiro atoms. The quantitative estimate of drug-likeness (QED) is 0.863. The molecule has 0 saturated carbocycles. The Balaban J connectivity index is 2.07. The number of piperidine rings is 1. The van der Waals surface area contributed by atoms with Gasteiger partial charge in [0.1, 0.15) is 0 Å². The Hall–Kier alpha value is -1.49. The van der Waals surface area contributed by atoms with Gasteiger partial charge in [-0.05, 0) is 43.4 Å². The van der Waals surface area contributed by atoms with Crippen LogP contribution in [-0.2, 0) is 4.79 Å². The molecule has 1 amide bonds. The highest BCUT2D eigenvalue weighted by molar-refractivity contribution is 7.98. The molecule has 4 nitrogen and oxygen atoms in total. The summed E-state index contributed by atoms with van der Waals surface area (Å²) in [7, 11) is 0. The molecule has 0 radical (unpaired) electrons. The standard InChI is InChI=1S/C14H17NO3S/c1-19-12-6-4-10(5-7-12)13(16)15-8-2-3-11(9-15)14(17)18/h4-7,11H,2-3,8-9H2,1H3,(H,17,18)/t11-/m0/s1. The summed E-state index contributed by atoms with van der Waals surface area (Å²) in [5, 5.41) is 9.04. The van der Waals surface area contributed by atoms with Crippen molar-refractivity contribution in [2.45, 2.75) is 17.7 Å². The molecule has 1 aliphatic rings. The summed E-state index contributed by atoms with van der Waals surface area (Å²) in [5.74, 6) is -1.31. The van der Waals surface area contributed by atoms with E-state index in [0.717, 1.165) is 11.3 Å². The van der Waals surface area contributed by atoms with Crippen LogP contribution < -0.4 is 0 Å². The zero-order valence-electron chi connectivity index (χ0n) is 10.8. The molecule has 1 N–H and O–H groups in total. The van der Waals surface area contributed by atoms with Crippen LogP contribution in [0.25, 0.3) is 0 Å². The molecule has 0 bridgehead atoms. The number of benzene rings is 1. The highest BCUT2D eigenvalue weighted by Crippen LogP contribution is 2.20. The molecule has 0 unspecified atom stereocenters. The van der Waals surface area contributed by atoms with E-state index in [9.17, 15) is 9.59 Å². The zero-order chi connectivity index (χ0) is 13.8. The van der Waals surface area contributed by atoms with Crippen molar-refractivity contribution in [3.05, 3.63) is 29.8 Å². The van der Waals surface area contributed by atoms with Crippen molar-refractivity contribution in [2.75, 3.05) is 19.3 Å². The van der Waals surface area contributed by atoms with Gasteiger partial charge in [0.25, 0.3) is 5.91 Å². The molecule has 0 aliphatic carbocycles. The van der Waals surface area contributed by atoms with Crippen molar-refractivity contribution < 1.29 is 14.7 Å². The third kappa shape index (κ3) is 3.29. The number of hydrogen-bond donors (Lipinski definition) is 1. The van der Waals surface area contributed by atoms with E-state index < -0.39 is 11.9 Å². The molecule has 5 heteroatoms. The maximum absolute atomic E-state index is 12.3. The van der Waals surface area contributed by atoms with Gasteiger partial charge in [0.15, 0.2) is 0 Å². The Morgan fingerprint density at radius 3 is 2.58 bits per heavy atom. The van der Waals surface area contributed by atoms with E-state index in [1.807, 2.05) is 18.4 Å². The monoisotopic (exact) mass is 279 g/mol. The summed E-state index contributed by atoms with van der Waals surface area (Å²) in [4.78, 5) is 26.1. The van der Waals surface area contributed by atoms with Crippen molar-refractivity contribution in [2.24, 2.45) is 5.92 Å². The molecule has 1 atom stereocenters. The number of carboxylic acid groups (broad SMARTS) is 1. The van der Waals surface area contributed by atoms with Crippen LogP contribution in [0.4, 0.5) is 0 Å². The average molecular weight is 279 g/mol. The predicted molar refractivity (Wildman–Crippen MR) is 74.5 cm³/mol. The molecule has 0 aromatic heterocycles. The third-order valence-electron chi connectivity index (χ3n) is 3.39. The number of aliphatic carboxylic acids is 1. The van der Waals surface area contributed by atoms with Gasteiger partial charge in [-0.15, -0.1) is 11.8 Å². The highest BCUT2D eigenvalue weighted by atomic mass is 32.2. The lowest BCUT2D eigenvalue weighted by Gasteiger charge is -2.30. The number of hydrogen-bond acceptors (Lipinski definition) is 3. The van der Waals surface area contributed by atoms with Crippen molar-refractivity contribution in [1.29, 1.82) is 0 Å². The maximum Gasteiger partial charge on any atom is 0.308 e. The van der Waals surface area contributed by atoms with Crippen LogP contribution in [0.2, 0.25) is 0 Å². The van der Waals surface area contributed by atoms with Crippen molar-refractivity contribution in [1.82, 2.24) is 4.90 Å². The molecule has 1 aromatic carbocycles. The van der Waals surface area contributed by atoms with Gasteiger partial charge in [-0.3, -0.25) is 9.59 Å². The number of carbonyl (C=O) groups is 2. The lowest BCUT2D eigenvalue weighted by atomic mass is 9.97. The molecule has 1 heterocycles. The second kappa shape index (κ2) is 6.10. The second-order valence-electron chi connectivity index (χ2n) is 4.66. The smallest absolute Gasteiger partial charge is 0.308 e. The van der Waals surface area contributed by atoms with E-state index in [1.54, 1.807) is 28.8 Å². The minimum absolute atomic E-state index is 0.0707. The summed E-state index contributed by atoms with van der Waals surface area (Å²) in [5.41, 5.74) is 0.629. The van der Waals surface area contributed by atoms with E-state index >= 15 is 0 Å². The minimum atomic E-state index is -0.810. The van der Waals surface area contributed by atoms with Gasteiger partial charge in [0.2, 0.25) is 0 Å². The van der Waals surface area contributed by atoms with Gasteiger partial charge in [0.05, 0.1) is 5.92 Å². The van der Waals surface area contributed by atoms with Gasteiger partial charge >= 0.3 is 5.97 Å². The minimum Gasteiger partial charge on any atom is -0.481 e. The highest BCUT2D eigenvalue weighted by Gasteiger charge is 2.28. The molecule has 1 fully saturated rings. The predicted octanol–water partition coefficient (Wildman–Crippen LogP) is 2.35. The van der Waals surface area contributed by atoms with E-state index in [1.165, 1.54) is 0 Å². The van der Waals surface area contributed by atoms with E-state index in [4.69, 9.17) is 5.11 Å². The van der Waals surface area contributed by atoms with Crippen LogP contribution in [0.3, 0.4) is 0 Å². The molecule has 2 rings (SSSR count).